The maximum absolute atomic E-state index is 14.7. The van der Waals surface area contributed by atoms with E-state index in [1.54, 1.807) is 88.2 Å². The minimum absolute atomic E-state index is 0. The number of halogens is 5. The van der Waals surface area contributed by atoms with Crippen molar-refractivity contribution >= 4 is 144 Å². The molecule has 0 spiro atoms. The molecule has 0 saturated carbocycles. The Morgan fingerprint density at radius 3 is 1.41 bits per heavy atom. The average Bonchev–Trinajstić information content (AvgIpc) is 1.54. The van der Waals surface area contributed by atoms with Gasteiger partial charge < -0.3 is 34.8 Å². The first-order chi connectivity index (χ1) is 42.3. The topological polar surface area (TPSA) is 289 Å². The molecule has 0 atom stereocenters. The van der Waals surface area contributed by atoms with Crippen molar-refractivity contribution in [1.29, 1.82) is 0 Å². The number of benzene rings is 4. The van der Waals surface area contributed by atoms with Crippen LogP contribution in [0.1, 0.15) is 41.8 Å². The zero-order valence-electron chi connectivity index (χ0n) is 48.2. The molecule has 8 aromatic heterocycles. The van der Waals surface area contributed by atoms with Crippen LogP contribution in [-0.4, -0.2) is 158 Å². The largest absolute Gasteiger partial charge is 0.475 e. The van der Waals surface area contributed by atoms with Crippen LogP contribution in [0, 0.1) is 11.6 Å². The maximum Gasteiger partial charge on any atom is 0.372 e. The van der Waals surface area contributed by atoms with Crippen LogP contribution >= 0.6 is 12.4 Å². The Morgan fingerprint density at radius 1 is 0.611 bits per heavy atom. The Morgan fingerprint density at radius 2 is 1.03 bits per heavy atom. The third kappa shape index (κ3) is 10.7. The van der Waals surface area contributed by atoms with Crippen LogP contribution in [-0.2, 0) is 20.0 Å². The van der Waals surface area contributed by atoms with Gasteiger partial charge in [0.2, 0.25) is 31.6 Å². The van der Waals surface area contributed by atoms with E-state index in [1.807, 2.05) is 0 Å². The van der Waals surface area contributed by atoms with Crippen LogP contribution in [0.5, 0.6) is 0 Å². The first kappa shape index (κ1) is 61.7. The Hall–Kier alpha value is -9.97. The van der Waals surface area contributed by atoms with Crippen molar-refractivity contribution in [1.82, 2.24) is 49.6 Å². The van der Waals surface area contributed by atoms with Gasteiger partial charge in [-0.1, -0.05) is 12.1 Å². The number of carbonyl (C=O) groups is 4. The van der Waals surface area contributed by atoms with Gasteiger partial charge in [-0.05, 0) is 72.8 Å². The summed E-state index contributed by atoms with van der Waals surface area (Å²) in [6.07, 6.45) is 3.50. The lowest BCUT2D eigenvalue weighted by Crippen LogP contribution is -2.51. The number of nitrogens with zero attached hydrogens (tertiary/aromatic N) is 9. The summed E-state index contributed by atoms with van der Waals surface area (Å²) in [4.78, 5) is 70.7. The fraction of sp³-hybridized carbons (Fsp3) is 0.200. The zero-order valence-corrected chi connectivity index (χ0v) is 50.6. The van der Waals surface area contributed by atoms with Gasteiger partial charge in [0.25, 0.3) is 17.7 Å². The number of fused-ring (bicyclic) bond motifs is 12. The summed E-state index contributed by atoms with van der Waals surface area (Å²) < 4.78 is 122. The average molecular weight is 1290 g/mol. The molecule has 10 heterocycles. The maximum atomic E-state index is 14.7. The Kier molecular flexibility index (Phi) is 15.9. The van der Waals surface area contributed by atoms with Gasteiger partial charge in [-0.3, -0.25) is 31.8 Å². The predicted molar refractivity (Wildman–Crippen MR) is 332 cm³/mol. The van der Waals surface area contributed by atoms with E-state index in [9.17, 15) is 58.7 Å². The van der Waals surface area contributed by atoms with Crippen LogP contribution in [0.25, 0.3) is 99.4 Å². The number of aromatic nitrogens is 6. The van der Waals surface area contributed by atoms with E-state index in [0.29, 0.717) is 84.9 Å². The number of carboxylic acid groups (broad SMARTS) is 1. The fourth-order valence-electron chi connectivity index (χ4n) is 10.6. The van der Waals surface area contributed by atoms with Crippen molar-refractivity contribution < 1.29 is 67.5 Å². The number of hydrogen-bond acceptors (Lipinski definition) is 15. The summed E-state index contributed by atoms with van der Waals surface area (Å²) in [6.45, 7) is 0.886. The molecule has 30 heteroatoms. The van der Waals surface area contributed by atoms with Crippen LogP contribution < -0.4 is 24.6 Å². The number of rotatable bonds is 10. The number of alkyl halides is 2. The van der Waals surface area contributed by atoms with Gasteiger partial charge in [-0.2, -0.15) is 0 Å². The van der Waals surface area contributed by atoms with E-state index in [1.165, 1.54) is 63.4 Å². The van der Waals surface area contributed by atoms with Gasteiger partial charge in [0.05, 0.1) is 87.0 Å². The van der Waals surface area contributed by atoms with E-state index < -0.39 is 73.5 Å². The highest BCUT2D eigenvalue weighted by atomic mass is 35.5. The minimum atomic E-state index is -3.80. The molecule has 464 valence electrons. The molecule has 23 nitrogen and oxygen atoms in total. The molecule has 90 heavy (non-hydrogen) atoms. The Balaban J connectivity index is 0.000000170. The number of likely N-dealkylation sites (tertiary alicyclic amines) is 1. The number of amides is 3. The number of carboxylic acids is 1. The van der Waals surface area contributed by atoms with Crippen LogP contribution in [0.4, 0.5) is 28.9 Å². The molecule has 0 aliphatic carbocycles. The first-order valence-electron chi connectivity index (χ1n) is 27.1. The number of carbonyl (C=O) groups excluding carboxylic acids is 3. The summed E-state index contributed by atoms with van der Waals surface area (Å²) in [5.74, 6) is -5.08. The minimum Gasteiger partial charge on any atom is -0.475 e. The Bertz CT molecular complexity index is 5240. The molecule has 14 rings (SSSR count). The Labute approximate surface area is 513 Å². The van der Waals surface area contributed by atoms with Gasteiger partial charge in [0.1, 0.15) is 64.4 Å². The van der Waals surface area contributed by atoms with E-state index in [2.05, 4.69) is 25.9 Å². The highest BCUT2D eigenvalue weighted by Gasteiger charge is 2.37. The van der Waals surface area contributed by atoms with E-state index in [-0.39, 0.29) is 81.3 Å². The van der Waals surface area contributed by atoms with Gasteiger partial charge in [-0.15, -0.1) is 12.4 Å². The van der Waals surface area contributed by atoms with Gasteiger partial charge in [-0.25, -0.2) is 59.1 Å². The van der Waals surface area contributed by atoms with Crippen molar-refractivity contribution in [2.24, 2.45) is 0 Å². The number of anilines is 2. The standard InChI is InChI=1S/C30H24F2N6O5S.C27H20FN5O6S.C3H6FN.ClH/c1-33-29(39)26-18-9-17(23(36(2)44(3,41)42)11-25(18)43-28(26)30(40)37-12-15(31)13-37)20-7-8-21-27(35-20)24-10-16-19(32)5-4-6-22(16)38(24)14-34-21;1-29-26(34)23-15-9-14(20(32(2)40(3,37)38)11-22(15)39-25(23)27(35)36)17-7-8-18-24(31-17)21-10-13-16(28)5-4-6-19(13)33(21)12-30-18;4-3-1-5-2-3;/h4-11,14-15H,12-13H2,1-3H3,(H,33,39);4-12H,1-3H3,(H,29,34)(H,35,36);3,5H,1-2H2;1H. The van der Waals surface area contributed by atoms with Crippen LogP contribution in [0.2, 0.25) is 0 Å². The number of pyridine rings is 2. The molecule has 3 amide bonds. The third-order valence-corrected chi connectivity index (χ3v) is 17.9. The molecule has 4 aromatic carbocycles. The van der Waals surface area contributed by atoms with Crippen molar-refractivity contribution in [2.45, 2.75) is 12.3 Å². The molecule has 12 aromatic rings. The van der Waals surface area contributed by atoms with Crippen molar-refractivity contribution in [3.8, 4) is 22.5 Å². The number of nitrogens with one attached hydrogen (secondary N) is 3. The molecular weight excluding hydrogens is 1240 g/mol. The summed E-state index contributed by atoms with van der Waals surface area (Å²) in [6, 6.07) is 25.3. The second-order valence-corrected chi connectivity index (χ2v) is 25.1. The second-order valence-electron chi connectivity index (χ2n) is 21.1. The SMILES string of the molecule is CNC(=O)c1c(C(=O)N2CC(F)C2)oc2cc(N(C)S(C)(=O)=O)c(-c3ccc4ncn5c6cccc(F)c6cc5c4n3)cc12.CNC(=O)c1c(C(=O)O)oc2cc(N(C)S(C)(=O)=O)c(-c3ccc4ncn5c6cccc(F)c6cc5c4n3)cc12.Cl.FC1CNC1. The third-order valence-electron chi connectivity index (χ3n) is 15.5. The monoisotopic (exact) mass is 1290 g/mol. The number of furan rings is 2. The number of hydrogen-bond donors (Lipinski definition) is 4. The summed E-state index contributed by atoms with van der Waals surface area (Å²) in [7, 11) is -2.13. The fourth-order valence-corrected chi connectivity index (χ4v) is 11.6. The molecule has 0 radical (unpaired) electrons. The lowest BCUT2D eigenvalue weighted by Gasteiger charge is -2.33. The number of aromatic carboxylic acids is 1. The van der Waals surface area contributed by atoms with Crippen LogP contribution in [0.15, 0.2) is 119 Å². The molecule has 2 fully saturated rings. The zero-order chi connectivity index (χ0) is 63.3. The highest BCUT2D eigenvalue weighted by molar-refractivity contribution is 7.92. The van der Waals surface area contributed by atoms with Gasteiger partial charge in [0.15, 0.2) is 0 Å². The van der Waals surface area contributed by atoms with Gasteiger partial charge >= 0.3 is 5.97 Å². The van der Waals surface area contributed by atoms with Gasteiger partial charge in [0, 0.05) is 86.1 Å². The molecule has 2 aliphatic rings. The van der Waals surface area contributed by atoms with Crippen LogP contribution in [0.3, 0.4) is 0 Å². The lowest BCUT2D eigenvalue weighted by atomic mass is 10.0. The molecule has 0 unspecified atom stereocenters. The second kappa shape index (κ2) is 23.2. The lowest BCUT2D eigenvalue weighted by molar-refractivity contribution is 0.0370. The summed E-state index contributed by atoms with van der Waals surface area (Å²) in [5.41, 5.74) is 5.61. The van der Waals surface area contributed by atoms with E-state index in [4.69, 9.17) is 18.8 Å². The molecular formula is C60H51ClF4N12O11S2. The molecule has 0 bridgehead atoms. The van der Waals surface area contributed by atoms with Crippen molar-refractivity contribution in [3.63, 3.8) is 0 Å². The molecule has 4 N–H and O–H groups in total. The first-order valence-corrected chi connectivity index (χ1v) is 30.8. The van der Waals surface area contributed by atoms with E-state index >= 15 is 0 Å². The van der Waals surface area contributed by atoms with Crippen molar-refractivity contribution in [2.75, 3.05) is 75.5 Å². The highest BCUT2D eigenvalue weighted by Crippen LogP contribution is 2.42. The van der Waals surface area contributed by atoms with Crippen molar-refractivity contribution in [3.05, 3.63) is 144 Å². The quantitative estimate of drug-likeness (QED) is 0.0933. The summed E-state index contributed by atoms with van der Waals surface area (Å²) >= 11 is 0. The predicted octanol–water partition coefficient (Wildman–Crippen LogP) is 8.53. The summed E-state index contributed by atoms with van der Waals surface area (Å²) in [5, 5.41) is 18.6. The number of sulfonamides is 2. The normalized spacial score (nSPS) is 13.6. The molecule has 2 saturated heterocycles. The molecule has 2 aliphatic heterocycles. The van der Waals surface area contributed by atoms with E-state index in [0.717, 1.165) is 21.1 Å². The smallest absolute Gasteiger partial charge is 0.372 e.